The molecule has 0 saturated heterocycles. The Morgan fingerprint density at radius 1 is 0.710 bits per heavy atom. The van der Waals surface area contributed by atoms with E-state index in [-0.39, 0.29) is 0 Å². The largest absolute Gasteiger partial charge is 0.494 e. The smallest absolute Gasteiger partial charge is 0.160 e. The van der Waals surface area contributed by atoms with Gasteiger partial charge in [-0.3, -0.25) is 0 Å². The van der Waals surface area contributed by atoms with E-state index in [9.17, 15) is 0 Å². The minimum atomic E-state index is 0.646. The highest BCUT2D eigenvalue weighted by atomic mass is 16.5. The average Bonchev–Trinajstić information content (AvgIpc) is 3.13. The fourth-order valence-corrected chi connectivity index (χ4v) is 4.28. The number of fused-ring (bicyclic) bond motifs is 5. The molecule has 6 rings (SSSR count). The highest BCUT2D eigenvalue weighted by Gasteiger charge is 2.14. The number of nitrogens with zero attached hydrogens (tertiary/aromatic N) is 3. The number of aromatic nitrogens is 3. The van der Waals surface area contributed by atoms with Crippen molar-refractivity contribution in [2.45, 2.75) is 13.0 Å². The summed E-state index contributed by atoms with van der Waals surface area (Å²) in [4.78, 5) is 9.86. The first-order chi connectivity index (χ1) is 15.4. The van der Waals surface area contributed by atoms with Crippen LogP contribution in [0.4, 0.5) is 0 Å². The van der Waals surface area contributed by atoms with Crippen LogP contribution in [0.5, 0.6) is 5.75 Å². The molecule has 0 fully saturated rings. The van der Waals surface area contributed by atoms with Crippen molar-refractivity contribution in [2.24, 2.45) is 0 Å². The van der Waals surface area contributed by atoms with Gasteiger partial charge in [0.05, 0.1) is 23.2 Å². The topological polar surface area (TPSA) is 39.9 Å². The van der Waals surface area contributed by atoms with E-state index >= 15 is 0 Å². The molecule has 0 unspecified atom stereocenters. The van der Waals surface area contributed by atoms with Crippen molar-refractivity contribution in [2.75, 3.05) is 6.61 Å². The summed E-state index contributed by atoms with van der Waals surface area (Å²) in [6.07, 6.45) is 0.884. The van der Waals surface area contributed by atoms with Crippen LogP contribution in [0.3, 0.4) is 0 Å². The minimum absolute atomic E-state index is 0.646. The van der Waals surface area contributed by atoms with Crippen molar-refractivity contribution in [1.82, 2.24) is 14.5 Å². The SMILES string of the molecule is c1ccc2cc(OCCCn3c4ccccc4c4nc5ccccc5nc43)ccc2c1. The van der Waals surface area contributed by atoms with Gasteiger partial charge in [0.15, 0.2) is 5.65 Å². The second-order valence-corrected chi connectivity index (χ2v) is 7.76. The van der Waals surface area contributed by atoms with Gasteiger partial charge in [-0.1, -0.05) is 60.7 Å². The third-order valence-corrected chi connectivity index (χ3v) is 5.77. The first kappa shape index (κ1) is 17.9. The lowest BCUT2D eigenvalue weighted by atomic mass is 10.1. The number of ether oxygens (including phenoxy) is 1. The van der Waals surface area contributed by atoms with Gasteiger partial charge in [0.2, 0.25) is 0 Å². The van der Waals surface area contributed by atoms with E-state index in [0.29, 0.717) is 6.61 Å². The summed E-state index contributed by atoms with van der Waals surface area (Å²) in [7, 11) is 0. The molecule has 6 aromatic rings. The maximum Gasteiger partial charge on any atom is 0.160 e. The van der Waals surface area contributed by atoms with E-state index in [4.69, 9.17) is 14.7 Å². The average molecular weight is 403 g/mol. The first-order valence-corrected chi connectivity index (χ1v) is 10.6. The van der Waals surface area contributed by atoms with Gasteiger partial charge in [-0.2, -0.15) is 0 Å². The molecule has 31 heavy (non-hydrogen) atoms. The fourth-order valence-electron chi connectivity index (χ4n) is 4.28. The van der Waals surface area contributed by atoms with Crippen LogP contribution in [0.1, 0.15) is 6.42 Å². The first-order valence-electron chi connectivity index (χ1n) is 10.6. The highest BCUT2D eigenvalue weighted by molar-refractivity contribution is 6.06. The van der Waals surface area contributed by atoms with Crippen molar-refractivity contribution in [1.29, 1.82) is 0 Å². The molecule has 0 N–H and O–H groups in total. The van der Waals surface area contributed by atoms with Gasteiger partial charge >= 0.3 is 0 Å². The van der Waals surface area contributed by atoms with Crippen LogP contribution in [-0.4, -0.2) is 21.1 Å². The number of rotatable bonds is 5. The molecule has 0 spiro atoms. The molecule has 4 heteroatoms. The summed E-state index contributed by atoms with van der Waals surface area (Å²) in [5.74, 6) is 0.909. The molecule has 4 aromatic carbocycles. The van der Waals surface area contributed by atoms with Crippen LogP contribution in [-0.2, 0) is 6.54 Å². The van der Waals surface area contributed by atoms with Crippen molar-refractivity contribution < 1.29 is 4.74 Å². The molecule has 0 bridgehead atoms. The van der Waals surface area contributed by atoms with E-state index in [1.807, 2.05) is 30.3 Å². The Balaban J connectivity index is 1.28. The Morgan fingerprint density at radius 3 is 2.35 bits per heavy atom. The monoisotopic (exact) mass is 403 g/mol. The zero-order valence-electron chi connectivity index (χ0n) is 17.0. The van der Waals surface area contributed by atoms with Crippen molar-refractivity contribution >= 4 is 43.9 Å². The Labute approximate surface area is 179 Å². The second kappa shape index (κ2) is 7.40. The van der Waals surface area contributed by atoms with Crippen molar-refractivity contribution in [3.8, 4) is 5.75 Å². The predicted octanol–water partition coefficient (Wildman–Crippen LogP) is 6.36. The van der Waals surface area contributed by atoms with Gasteiger partial charge < -0.3 is 9.30 Å². The molecule has 0 atom stereocenters. The maximum absolute atomic E-state index is 6.06. The molecule has 0 aliphatic rings. The van der Waals surface area contributed by atoms with Gasteiger partial charge in [0, 0.05) is 11.9 Å². The highest BCUT2D eigenvalue weighted by Crippen LogP contribution is 2.28. The van der Waals surface area contributed by atoms with Crippen LogP contribution in [0.25, 0.3) is 43.9 Å². The van der Waals surface area contributed by atoms with E-state index in [2.05, 4.69) is 65.2 Å². The number of para-hydroxylation sites is 3. The van der Waals surface area contributed by atoms with Crippen molar-refractivity contribution in [3.05, 3.63) is 91.0 Å². The van der Waals surface area contributed by atoms with E-state index < -0.39 is 0 Å². The van der Waals surface area contributed by atoms with E-state index in [1.54, 1.807) is 0 Å². The normalized spacial score (nSPS) is 11.6. The molecule has 0 radical (unpaired) electrons. The molecule has 0 saturated carbocycles. The Hall–Kier alpha value is -3.92. The Bertz CT molecular complexity index is 1550. The zero-order valence-corrected chi connectivity index (χ0v) is 17.0. The minimum Gasteiger partial charge on any atom is -0.494 e. The lowest BCUT2D eigenvalue weighted by Crippen LogP contribution is -2.05. The van der Waals surface area contributed by atoms with Gasteiger partial charge in [-0.05, 0) is 47.5 Å². The van der Waals surface area contributed by atoms with Gasteiger partial charge in [-0.25, -0.2) is 9.97 Å². The summed E-state index contributed by atoms with van der Waals surface area (Å²) < 4.78 is 8.33. The summed E-state index contributed by atoms with van der Waals surface area (Å²) in [5, 5.41) is 3.57. The Kier molecular flexibility index (Phi) is 4.27. The summed E-state index contributed by atoms with van der Waals surface area (Å²) in [6, 6.07) is 31.1. The second-order valence-electron chi connectivity index (χ2n) is 7.76. The van der Waals surface area contributed by atoms with Crippen LogP contribution >= 0.6 is 0 Å². The van der Waals surface area contributed by atoms with Crippen molar-refractivity contribution in [3.63, 3.8) is 0 Å². The molecular weight excluding hydrogens is 382 g/mol. The lowest BCUT2D eigenvalue weighted by Gasteiger charge is -2.09. The molecule has 150 valence electrons. The molecule has 0 aliphatic heterocycles. The fraction of sp³-hybridized carbons (Fsp3) is 0.111. The third-order valence-electron chi connectivity index (χ3n) is 5.77. The number of benzene rings is 4. The Morgan fingerprint density at radius 2 is 1.45 bits per heavy atom. The standard InChI is InChI=1S/C27H21N3O/c1-2-9-20-18-21(15-14-19(20)8-1)31-17-7-16-30-25-13-6-3-10-22(25)26-27(30)29-24-12-5-4-11-23(24)28-26/h1-6,8-15,18H,7,16-17H2. The summed E-state index contributed by atoms with van der Waals surface area (Å²) in [6.45, 7) is 1.47. The molecule has 4 nitrogen and oxygen atoms in total. The van der Waals surface area contributed by atoms with Crippen LogP contribution in [0.2, 0.25) is 0 Å². The van der Waals surface area contributed by atoms with Gasteiger partial charge in [0.1, 0.15) is 11.3 Å². The van der Waals surface area contributed by atoms with Gasteiger partial charge in [-0.15, -0.1) is 0 Å². The van der Waals surface area contributed by atoms with E-state index in [1.165, 1.54) is 16.3 Å². The summed E-state index contributed by atoms with van der Waals surface area (Å²) >= 11 is 0. The van der Waals surface area contributed by atoms with Crippen LogP contribution < -0.4 is 4.74 Å². The number of hydrogen-bond donors (Lipinski definition) is 0. The number of hydrogen-bond acceptors (Lipinski definition) is 3. The van der Waals surface area contributed by atoms with Crippen LogP contribution in [0.15, 0.2) is 91.0 Å². The molecule has 0 aliphatic carbocycles. The van der Waals surface area contributed by atoms with Crippen LogP contribution in [0, 0.1) is 0 Å². The van der Waals surface area contributed by atoms with E-state index in [0.717, 1.165) is 46.3 Å². The maximum atomic E-state index is 6.06. The third kappa shape index (κ3) is 3.17. The molecule has 2 heterocycles. The predicted molar refractivity (Wildman–Crippen MR) is 127 cm³/mol. The quantitative estimate of drug-likeness (QED) is 0.314. The molecule has 2 aromatic heterocycles. The summed E-state index contributed by atoms with van der Waals surface area (Å²) in [5.41, 5.74) is 4.91. The molecular formula is C27H21N3O. The molecule has 0 amide bonds. The zero-order chi connectivity index (χ0) is 20.6. The lowest BCUT2D eigenvalue weighted by molar-refractivity contribution is 0.303. The number of aryl methyl sites for hydroxylation is 1. The van der Waals surface area contributed by atoms with Gasteiger partial charge in [0.25, 0.3) is 0 Å².